The fourth-order valence-electron chi connectivity index (χ4n) is 24.3. The second-order valence-corrected chi connectivity index (χ2v) is 51.4. The Morgan fingerprint density at radius 3 is 1.23 bits per heavy atom. The molecular formula is C109H162Cl4N16O20. The Hall–Kier alpha value is -9.94. The van der Waals surface area contributed by atoms with Crippen molar-refractivity contribution in [3.63, 3.8) is 0 Å². The number of carbonyl (C=O) groups is 18. The average Bonchev–Trinajstić information content (AvgIpc) is 1.53. The number of esters is 2. The van der Waals surface area contributed by atoms with Crippen LogP contribution < -0.4 is 69.1 Å². The van der Waals surface area contributed by atoms with E-state index in [0.717, 1.165) is 115 Å². The molecule has 3 unspecified atom stereocenters. The molecule has 13 aliphatic rings. The maximum Gasteiger partial charge on any atom is 0.315 e. The van der Waals surface area contributed by atoms with Gasteiger partial charge >= 0.3 is 30.0 Å². The molecule has 3 saturated heterocycles. The Kier molecular flexibility index (Phi) is 39.9. The zero-order valence-corrected chi connectivity index (χ0v) is 92.6. The summed E-state index contributed by atoms with van der Waals surface area (Å²) in [4.78, 5) is 245. The number of ketones is 3. The van der Waals surface area contributed by atoms with E-state index in [1.165, 1.54) is 29.1 Å². The molecule has 1 aromatic carbocycles. The van der Waals surface area contributed by atoms with Crippen molar-refractivity contribution in [2.24, 2.45) is 75.9 Å². The third kappa shape index (κ3) is 31.5. The molecule has 0 spiro atoms. The number of fused-ring (bicyclic) bond motifs is 3. The molecule has 10 aliphatic carbocycles. The summed E-state index contributed by atoms with van der Waals surface area (Å²) in [6, 6.07) is -1.38. The van der Waals surface area contributed by atoms with Gasteiger partial charge in [-0.05, 0) is 255 Å². The maximum absolute atomic E-state index is 14.8. The minimum Gasteiger partial charge on any atom is -0.460 e. The van der Waals surface area contributed by atoms with Crippen molar-refractivity contribution < 1.29 is 95.8 Å². The Balaban J connectivity index is 0.000000213. The first-order valence-electron chi connectivity index (χ1n) is 53.6. The number of ether oxygens (including phenoxy) is 2. The number of nitrogens with one attached hydrogen (secondary N) is 13. The van der Waals surface area contributed by atoms with Crippen molar-refractivity contribution >= 4 is 153 Å². The topological polar surface area (TPSA) is 492 Å². The van der Waals surface area contributed by atoms with Gasteiger partial charge in [-0.1, -0.05) is 122 Å². The molecule has 0 radical (unpaired) electrons. The largest absolute Gasteiger partial charge is 0.460 e. The summed E-state index contributed by atoms with van der Waals surface area (Å²) in [5, 5.41) is 36.0. The monoisotopic (exact) mass is 2160 g/mol. The zero-order valence-electron chi connectivity index (χ0n) is 89.6. The summed E-state index contributed by atoms with van der Waals surface area (Å²) in [6.45, 7) is 38.9. The number of urea groups is 3. The van der Waals surface area contributed by atoms with Gasteiger partial charge in [0.2, 0.25) is 58.7 Å². The fourth-order valence-corrected chi connectivity index (χ4v) is 26.0. The van der Waals surface area contributed by atoms with Crippen LogP contribution in [0.4, 0.5) is 14.4 Å². The lowest BCUT2D eigenvalue weighted by Gasteiger charge is -2.56. The van der Waals surface area contributed by atoms with Crippen molar-refractivity contribution in [2.75, 3.05) is 39.3 Å². The molecule has 13 fully saturated rings. The predicted molar refractivity (Wildman–Crippen MR) is 564 cm³/mol. The normalized spacial score (nSPS) is 26.3. The molecule has 16 amide bonds. The van der Waals surface area contributed by atoms with Crippen LogP contribution in [0.1, 0.15) is 289 Å². The van der Waals surface area contributed by atoms with E-state index in [0.29, 0.717) is 43.6 Å². The Bertz CT molecular complexity index is 5070. The Labute approximate surface area is 897 Å². The fraction of sp³-hybridized carbons (Fsp3) is 0.725. The number of Topliss-reactive ketones (excluding diaryl/α,β-unsaturated/α-hetero) is 3. The molecule has 4 bridgehead atoms. The SMILES string of the molecule is C=CCCC(NC(=O)[C@@H]1[C@@H]2[C@H](CN1C(=O)[C@@H](NC(=O)NC(C)(C)C)C(C)(C)C)C2(Cl)Cl)C(=O)C(=O)NCCC(=O)OC1(C)CCCC1.C=CCCC(NC(=O)[C@@H]1[C@@H]2[C@H](CN1C(=O)[C@@H](NC(=O)NC(C)(C)C)C1CCCCC1)C2(Cl)Cl)C(=O)C(=O)NCCC(=O)OC(C)(C)C.C=CCCC(NC(=O)[C@@H]1[C@@H]2[C@H](CN1C(=O)[C@@H](NC(=O)NC13CC4CC(CC(C4)C1)C3)C1CCCCC1)C2(C)C)C(=O)C(=O)NCC(=O)NCc1ccccc1. The first-order chi connectivity index (χ1) is 69.7. The van der Waals surface area contributed by atoms with E-state index in [1.807, 2.05) is 78.8 Å². The molecule has 14 rings (SSSR count). The molecule has 10 saturated carbocycles. The van der Waals surface area contributed by atoms with E-state index < -0.39 is 210 Å². The molecule has 36 nitrogen and oxygen atoms in total. The Morgan fingerprint density at radius 2 is 0.832 bits per heavy atom. The summed E-state index contributed by atoms with van der Waals surface area (Å²) in [6.07, 6.45) is 25.2. The minimum absolute atomic E-state index is 0.0347. The second-order valence-electron chi connectivity index (χ2n) is 48.5. The maximum atomic E-state index is 14.8. The highest BCUT2D eigenvalue weighted by atomic mass is 35.5. The number of allylic oxidation sites excluding steroid dienone is 3. The van der Waals surface area contributed by atoms with Gasteiger partial charge in [0, 0.05) is 79.6 Å². The minimum atomic E-state index is -1.25. The number of piperidine rings is 3. The van der Waals surface area contributed by atoms with Crippen LogP contribution in [0.15, 0.2) is 68.3 Å². The summed E-state index contributed by atoms with van der Waals surface area (Å²) in [5.41, 5.74) is -2.51. The van der Waals surface area contributed by atoms with Gasteiger partial charge in [0.05, 0.1) is 37.5 Å². The first-order valence-corrected chi connectivity index (χ1v) is 55.1. The molecule has 15 atom stereocenters. The lowest BCUT2D eigenvalue weighted by Crippen LogP contribution is -2.64. The van der Waals surface area contributed by atoms with Gasteiger partial charge in [-0.15, -0.1) is 66.1 Å². The van der Waals surface area contributed by atoms with E-state index in [1.54, 1.807) is 64.7 Å². The molecule has 13 N–H and O–H groups in total. The molecule has 826 valence electrons. The summed E-state index contributed by atoms with van der Waals surface area (Å²) >= 11 is 26.1. The standard InChI is InChI=1S/C43H60N6O6.2C33H51Cl2N5O7/c1-4-5-16-32(37(51)39(53)45-24-33(50)44-23-26-12-8-6-9-13-26)46-38(52)36-34-31(42(34,2)3)25-49(36)40(54)35(30-14-10-7-11-15-30)47-41(55)48-43-20-27-17-28(21-43)19-29(18-27)22-43;1-9-10-13-20(24(42)27(44)36-17-14-21(41)47-32(8)15-11-12-16-32)37-26(43)23-22-19(33(22,34)35)18-40(23)28(45)25(30(2,3)4)38-29(46)39-31(5,6)7;1-8-9-15-21(26(42)28(44)36-17-16-22(41)47-32(5,6)7)37-27(43)25-23-20(33(23,34)35)18-40(25)29(45)24(19-13-11-10-12-14-19)38-30(46)39-31(2,3)4/h4,6,8-9,12-13,27-32,34-36H,1,5,7,10-11,14-25H2,2-3H3,(H,44,50)(H,45,53)(H,46,52)(H2,47,48,55);9,19-20,22-23,25H,1,10-18H2,2-8H3,(H,36,44)(H,37,43)(H2,38,39,46);8,19-21,23-25H,1,9-18H2,2-7H3,(H,36,44)(H,37,43)(H2,38,39,46)/t27?,28?,29?,31-,32?,34-,35-,36-,43?;19-,20?,22-,23-,25+;20-,21?,23-,24-,25-/m000/s1. The average molecular weight is 2160 g/mol. The van der Waals surface area contributed by atoms with Gasteiger partial charge in [0.25, 0.3) is 17.7 Å². The van der Waals surface area contributed by atoms with E-state index >= 15 is 0 Å². The molecular weight excluding hydrogens is 2000 g/mol. The number of alkyl halides is 4. The lowest BCUT2D eigenvalue weighted by molar-refractivity contribution is -0.158. The van der Waals surface area contributed by atoms with E-state index in [9.17, 15) is 86.3 Å². The number of carbonyl (C=O) groups excluding carboxylic acids is 18. The number of amides is 16. The summed E-state index contributed by atoms with van der Waals surface area (Å²) in [5.74, 6) is -10.2. The third-order valence-electron chi connectivity index (χ3n) is 31.6. The molecule has 40 heteroatoms. The van der Waals surface area contributed by atoms with Crippen LogP contribution in [-0.4, -0.2) is 251 Å². The van der Waals surface area contributed by atoms with Crippen molar-refractivity contribution in [3.05, 3.63) is 73.9 Å². The number of hydrogen-bond donors (Lipinski definition) is 13. The smallest absolute Gasteiger partial charge is 0.315 e. The van der Waals surface area contributed by atoms with Gasteiger partial charge in [-0.2, -0.15) is 0 Å². The highest BCUT2D eigenvalue weighted by molar-refractivity contribution is 6.52. The van der Waals surface area contributed by atoms with Crippen LogP contribution in [0.2, 0.25) is 0 Å². The number of likely N-dealkylation sites (tertiary alicyclic amines) is 3. The third-order valence-corrected chi connectivity index (χ3v) is 33.7. The number of nitrogens with zero attached hydrogens (tertiary/aromatic N) is 3. The molecule has 0 aromatic heterocycles. The predicted octanol–water partition coefficient (Wildman–Crippen LogP) is 11.2. The summed E-state index contributed by atoms with van der Waals surface area (Å²) < 4.78 is 8.30. The van der Waals surface area contributed by atoms with Crippen LogP contribution in [-0.2, 0) is 87.9 Å². The highest BCUT2D eigenvalue weighted by Crippen LogP contribution is 2.68. The van der Waals surface area contributed by atoms with Crippen molar-refractivity contribution in [2.45, 2.75) is 381 Å². The molecule has 149 heavy (non-hydrogen) atoms. The van der Waals surface area contributed by atoms with Crippen LogP contribution in [0.25, 0.3) is 0 Å². The van der Waals surface area contributed by atoms with E-state index in [4.69, 9.17) is 55.9 Å². The van der Waals surface area contributed by atoms with Crippen molar-refractivity contribution in [1.82, 2.24) is 83.8 Å². The number of rotatable bonds is 41. The number of benzene rings is 1. The van der Waals surface area contributed by atoms with Crippen molar-refractivity contribution in [1.29, 1.82) is 0 Å². The van der Waals surface area contributed by atoms with Crippen LogP contribution in [0.5, 0.6) is 0 Å². The Morgan fingerprint density at radius 1 is 0.450 bits per heavy atom. The van der Waals surface area contributed by atoms with Crippen molar-refractivity contribution in [3.8, 4) is 0 Å². The van der Waals surface area contributed by atoms with E-state index in [2.05, 4.69) is 103 Å². The number of halogens is 4. The van der Waals surface area contributed by atoms with Gasteiger partial charge in [0.1, 0.15) is 56.1 Å². The highest BCUT2D eigenvalue weighted by Gasteiger charge is 2.76. The molecule has 1 aromatic rings. The number of hydrogen-bond acceptors (Lipinski definition) is 20. The van der Waals surface area contributed by atoms with E-state index in [-0.39, 0.29) is 117 Å². The van der Waals surface area contributed by atoms with Gasteiger partial charge in [-0.25, -0.2) is 14.4 Å². The zero-order chi connectivity index (χ0) is 110. The summed E-state index contributed by atoms with van der Waals surface area (Å²) in [7, 11) is 0. The molecule has 3 aliphatic heterocycles. The van der Waals surface area contributed by atoms with Crippen LogP contribution in [0.3, 0.4) is 0 Å². The van der Waals surface area contributed by atoms with Crippen LogP contribution >= 0.6 is 46.4 Å². The quantitative estimate of drug-likeness (QED) is 0.0125. The van der Waals surface area contributed by atoms with Gasteiger partial charge in [0.15, 0.2) is 0 Å². The molecule has 3 heterocycles. The lowest BCUT2D eigenvalue weighted by atomic mass is 9.53. The first kappa shape index (κ1) is 119. The van der Waals surface area contributed by atoms with Gasteiger partial charge < -0.3 is 93.3 Å². The van der Waals surface area contributed by atoms with Gasteiger partial charge in [-0.3, -0.25) is 71.9 Å². The second kappa shape index (κ2) is 49.9. The van der Waals surface area contributed by atoms with Crippen LogP contribution in [0, 0.1) is 75.9 Å².